The lowest BCUT2D eigenvalue weighted by Crippen LogP contribution is -2.12. The summed E-state index contributed by atoms with van der Waals surface area (Å²) in [5.41, 5.74) is 4.08. The molecule has 0 aliphatic carbocycles. The summed E-state index contributed by atoms with van der Waals surface area (Å²) in [4.78, 5) is 21.7. The van der Waals surface area contributed by atoms with Gasteiger partial charge in [0, 0.05) is 16.0 Å². The Labute approximate surface area is 155 Å². The molecule has 0 bridgehead atoms. The van der Waals surface area contributed by atoms with Crippen molar-refractivity contribution < 1.29 is 4.79 Å². The molecule has 0 unspecified atom stereocenters. The monoisotopic (exact) mass is 359 g/mol. The van der Waals surface area contributed by atoms with E-state index in [2.05, 4.69) is 15.3 Å². The van der Waals surface area contributed by atoms with Gasteiger partial charge in [-0.15, -0.1) is 11.8 Å². The average molecular weight is 359 g/mol. The van der Waals surface area contributed by atoms with E-state index in [4.69, 9.17) is 0 Å². The summed E-state index contributed by atoms with van der Waals surface area (Å²) in [6.45, 7) is 0. The summed E-state index contributed by atoms with van der Waals surface area (Å²) in [5.74, 6) is 0.598. The molecule has 0 spiro atoms. The number of carbonyl (C=O) groups is 1. The number of rotatable bonds is 4. The zero-order valence-electron chi connectivity index (χ0n) is 14.2. The molecule has 0 fully saturated rings. The molecule has 0 saturated heterocycles. The standard InChI is InChI=1S/C21H17N3OS/c1-26-15-12-10-14(11-13-15)21(25)24-17-7-3-2-6-16(17)20-22-18-8-4-5-9-19(18)23-20/h2-13H,1H3,(H,22,23)(H,24,25). The molecule has 0 radical (unpaired) electrons. The number of aromatic amines is 1. The number of anilines is 1. The van der Waals surface area contributed by atoms with Crippen LogP contribution in [0.25, 0.3) is 22.4 Å². The Kier molecular flexibility index (Phi) is 4.46. The Morgan fingerprint density at radius 1 is 0.962 bits per heavy atom. The number of thioether (sulfide) groups is 1. The highest BCUT2D eigenvalue weighted by Gasteiger charge is 2.13. The number of nitrogens with zero attached hydrogens (tertiary/aromatic N) is 1. The number of fused-ring (bicyclic) bond motifs is 1. The molecule has 0 aliphatic heterocycles. The van der Waals surface area contributed by atoms with Crippen LogP contribution in [0.15, 0.2) is 77.7 Å². The summed E-state index contributed by atoms with van der Waals surface area (Å²) in [7, 11) is 0. The first-order chi connectivity index (χ1) is 12.7. The minimum absolute atomic E-state index is 0.138. The number of para-hydroxylation sites is 3. The third kappa shape index (κ3) is 3.21. The van der Waals surface area contributed by atoms with Crippen LogP contribution in [0.3, 0.4) is 0 Å². The van der Waals surface area contributed by atoms with Crippen LogP contribution in [0, 0.1) is 0 Å². The summed E-state index contributed by atoms with van der Waals surface area (Å²) < 4.78 is 0. The van der Waals surface area contributed by atoms with E-state index in [1.807, 2.05) is 79.1 Å². The van der Waals surface area contributed by atoms with Gasteiger partial charge >= 0.3 is 0 Å². The van der Waals surface area contributed by atoms with Crippen molar-refractivity contribution in [3.63, 3.8) is 0 Å². The van der Waals surface area contributed by atoms with Gasteiger partial charge in [-0.3, -0.25) is 4.79 Å². The molecule has 0 saturated carbocycles. The van der Waals surface area contributed by atoms with E-state index in [0.717, 1.165) is 33.0 Å². The number of aromatic nitrogens is 2. The molecule has 1 aromatic heterocycles. The maximum absolute atomic E-state index is 12.6. The summed E-state index contributed by atoms with van der Waals surface area (Å²) in [6, 6.07) is 23.1. The van der Waals surface area contributed by atoms with E-state index in [-0.39, 0.29) is 5.91 Å². The van der Waals surface area contributed by atoms with Crippen LogP contribution in [-0.2, 0) is 0 Å². The van der Waals surface area contributed by atoms with E-state index < -0.39 is 0 Å². The number of imidazole rings is 1. The molecule has 5 heteroatoms. The number of H-pyrrole nitrogens is 1. The Bertz CT molecular complexity index is 1040. The highest BCUT2D eigenvalue weighted by atomic mass is 32.2. The fourth-order valence-corrected chi connectivity index (χ4v) is 3.22. The molecular formula is C21H17N3OS. The van der Waals surface area contributed by atoms with Crippen LogP contribution in [0.4, 0.5) is 5.69 Å². The molecule has 0 aliphatic rings. The van der Waals surface area contributed by atoms with Crippen molar-refractivity contribution in [2.75, 3.05) is 11.6 Å². The smallest absolute Gasteiger partial charge is 0.255 e. The van der Waals surface area contributed by atoms with Gasteiger partial charge in [-0.1, -0.05) is 24.3 Å². The van der Waals surface area contributed by atoms with E-state index >= 15 is 0 Å². The molecule has 4 rings (SSSR count). The molecular weight excluding hydrogens is 342 g/mol. The summed E-state index contributed by atoms with van der Waals surface area (Å²) in [5, 5.41) is 3.00. The van der Waals surface area contributed by atoms with Crippen molar-refractivity contribution in [3.05, 3.63) is 78.4 Å². The van der Waals surface area contributed by atoms with Crippen LogP contribution in [0.5, 0.6) is 0 Å². The van der Waals surface area contributed by atoms with Crippen LogP contribution in [-0.4, -0.2) is 22.1 Å². The second-order valence-electron chi connectivity index (χ2n) is 5.83. The summed E-state index contributed by atoms with van der Waals surface area (Å²) in [6.07, 6.45) is 2.01. The van der Waals surface area contributed by atoms with E-state index in [0.29, 0.717) is 5.56 Å². The molecule has 4 aromatic rings. The van der Waals surface area contributed by atoms with E-state index in [1.54, 1.807) is 11.8 Å². The van der Waals surface area contributed by atoms with Crippen molar-refractivity contribution in [2.45, 2.75) is 4.90 Å². The number of carbonyl (C=O) groups excluding carboxylic acids is 1. The zero-order valence-corrected chi connectivity index (χ0v) is 15.0. The van der Waals surface area contributed by atoms with Gasteiger partial charge in [0.2, 0.25) is 0 Å². The number of hydrogen-bond acceptors (Lipinski definition) is 3. The van der Waals surface area contributed by atoms with Gasteiger partial charge in [-0.05, 0) is 54.8 Å². The van der Waals surface area contributed by atoms with Gasteiger partial charge in [0.1, 0.15) is 5.82 Å². The second kappa shape index (κ2) is 7.06. The topological polar surface area (TPSA) is 57.8 Å². The fourth-order valence-electron chi connectivity index (χ4n) is 2.82. The molecule has 3 aromatic carbocycles. The van der Waals surface area contributed by atoms with Gasteiger partial charge in [0.05, 0.1) is 16.7 Å². The number of amides is 1. The number of nitrogens with one attached hydrogen (secondary N) is 2. The number of hydrogen-bond donors (Lipinski definition) is 2. The predicted molar refractivity (Wildman–Crippen MR) is 108 cm³/mol. The van der Waals surface area contributed by atoms with Crippen LogP contribution in [0.1, 0.15) is 10.4 Å². The van der Waals surface area contributed by atoms with Crippen LogP contribution >= 0.6 is 11.8 Å². The minimum atomic E-state index is -0.138. The quantitative estimate of drug-likeness (QED) is 0.492. The van der Waals surface area contributed by atoms with Crippen LogP contribution in [0.2, 0.25) is 0 Å². The lowest BCUT2D eigenvalue weighted by molar-refractivity contribution is 0.102. The van der Waals surface area contributed by atoms with E-state index in [9.17, 15) is 4.79 Å². The average Bonchev–Trinajstić information content (AvgIpc) is 3.12. The highest BCUT2D eigenvalue weighted by Crippen LogP contribution is 2.28. The molecule has 128 valence electrons. The SMILES string of the molecule is CSc1ccc(C(=O)Nc2ccccc2-c2nc3ccccc3[nH]2)cc1. The third-order valence-electron chi connectivity index (χ3n) is 4.17. The molecule has 0 atom stereocenters. The van der Waals surface area contributed by atoms with Gasteiger partial charge in [0.15, 0.2) is 0 Å². The van der Waals surface area contributed by atoms with Gasteiger partial charge in [-0.2, -0.15) is 0 Å². The highest BCUT2D eigenvalue weighted by molar-refractivity contribution is 7.98. The lowest BCUT2D eigenvalue weighted by Gasteiger charge is -2.10. The molecule has 26 heavy (non-hydrogen) atoms. The first kappa shape index (κ1) is 16.4. The maximum atomic E-state index is 12.6. The number of benzene rings is 3. The third-order valence-corrected chi connectivity index (χ3v) is 4.92. The Hall–Kier alpha value is -3.05. The molecule has 1 heterocycles. The van der Waals surface area contributed by atoms with Gasteiger partial charge in [-0.25, -0.2) is 4.98 Å². The normalized spacial score (nSPS) is 10.8. The Morgan fingerprint density at radius 2 is 1.69 bits per heavy atom. The zero-order chi connectivity index (χ0) is 17.9. The Morgan fingerprint density at radius 3 is 2.46 bits per heavy atom. The maximum Gasteiger partial charge on any atom is 0.255 e. The minimum Gasteiger partial charge on any atom is -0.338 e. The lowest BCUT2D eigenvalue weighted by atomic mass is 10.1. The first-order valence-corrected chi connectivity index (χ1v) is 9.46. The molecule has 4 nitrogen and oxygen atoms in total. The predicted octanol–water partition coefficient (Wildman–Crippen LogP) is 5.20. The fraction of sp³-hybridized carbons (Fsp3) is 0.0476. The first-order valence-electron chi connectivity index (χ1n) is 8.24. The van der Waals surface area contributed by atoms with Crippen molar-refractivity contribution in [2.24, 2.45) is 0 Å². The molecule has 1 amide bonds. The van der Waals surface area contributed by atoms with Gasteiger partial charge < -0.3 is 10.3 Å². The molecule has 2 N–H and O–H groups in total. The second-order valence-corrected chi connectivity index (χ2v) is 6.71. The van der Waals surface area contributed by atoms with Gasteiger partial charge in [0.25, 0.3) is 5.91 Å². The van der Waals surface area contributed by atoms with Crippen molar-refractivity contribution >= 4 is 34.4 Å². The van der Waals surface area contributed by atoms with Crippen LogP contribution < -0.4 is 5.32 Å². The van der Waals surface area contributed by atoms with Crippen molar-refractivity contribution in [1.82, 2.24) is 9.97 Å². The largest absolute Gasteiger partial charge is 0.338 e. The Balaban J connectivity index is 1.66. The van der Waals surface area contributed by atoms with Crippen molar-refractivity contribution in [1.29, 1.82) is 0 Å². The van der Waals surface area contributed by atoms with E-state index in [1.165, 1.54) is 0 Å². The van der Waals surface area contributed by atoms with Crippen molar-refractivity contribution in [3.8, 4) is 11.4 Å². The summed E-state index contributed by atoms with van der Waals surface area (Å²) >= 11 is 1.65.